The lowest BCUT2D eigenvalue weighted by atomic mass is 9.95. The largest absolute Gasteiger partial charge is 0.497 e. The van der Waals surface area contributed by atoms with Gasteiger partial charge in [-0.2, -0.15) is 0 Å². The average molecular weight is 428 g/mol. The Kier molecular flexibility index (Phi) is 6.33. The summed E-state index contributed by atoms with van der Waals surface area (Å²) in [7, 11) is 1.60. The van der Waals surface area contributed by atoms with Gasteiger partial charge in [-0.15, -0.1) is 0 Å². The molecule has 2 amide bonds. The van der Waals surface area contributed by atoms with Crippen molar-refractivity contribution in [3.05, 3.63) is 101 Å². The number of hydroxylamine groups is 1. The van der Waals surface area contributed by atoms with E-state index in [1.54, 1.807) is 29.6 Å². The van der Waals surface area contributed by atoms with Crippen LogP contribution in [-0.2, 0) is 17.8 Å². The van der Waals surface area contributed by atoms with E-state index in [1.807, 2.05) is 66.7 Å². The van der Waals surface area contributed by atoms with Crippen LogP contribution in [0, 0.1) is 0 Å². The molecule has 0 fully saturated rings. The summed E-state index contributed by atoms with van der Waals surface area (Å²) in [6.45, 7) is 0.963. The molecule has 0 saturated carbocycles. The molecule has 0 spiro atoms. The first-order chi connectivity index (χ1) is 15.6. The van der Waals surface area contributed by atoms with Crippen molar-refractivity contribution >= 4 is 23.5 Å². The summed E-state index contributed by atoms with van der Waals surface area (Å²) in [5.74, 6) is 0.0139. The molecule has 0 unspecified atom stereocenters. The fourth-order valence-electron chi connectivity index (χ4n) is 3.88. The Morgan fingerprint density at radius 1 is 0.969 bits per heavy atom. The van der Waals surface area contributed by atoms with Crippen LogP contribution < -0.4 is 10.2 Å². The lowest BCUT2D eigenvalue weighted by Crippen LogP contribution is -2.36. The summed E-state index contributed by atoms with van der Waals surface area (Å²) in [6, 6.07) is 22.5. The summed E-state index contributed by atoms with van der Waals surface area (Å²) >= 11 is 0. The third-order valence-electron chi connectivity index (χ3n) is 5.59. The molecule has 162 valence electrons. The molecule has 0 bridgehead atoms. The molecule has 0 radical (unpaired) electrons. The van der Waals surface area contributed by atoms with Gasteiger partial charge >= 0.3 is 0 Å². The maximum atomic E-state index is 13.7. The summed E-state index contributed by atoms with van der Waals surface area (Å²) in [6.07, 6.45) is 2.58. The highest BCUT2D eigenvalue weighted by atomic mass is 16.5. The minimum atomic E-state index is -0.572. The van der Waals surface area contributed by atoms with Gasteiger partial charge in [0.1, 0.15) is 5.75 Å². The number of rotatable bonds is 5. The van der Waals surface area contributed by atoms with Gasteiger partial charge in [-0.25, -0.2) is 5.48 Å². The number of fused-ring (bicyclic) bond motifs is 1. The van der Waals surface area contributed by atoms with E-state index in [0.717, 1.165) is 22.3 Å². The van der Waals surface area contributed by atoms with Crippen molar-refractivity contribution in [3.8, 4) is 5.75 Å². The second-order valence-electron chi connectivity index (χ2n) is 7.60. The van der Waals surface area contributed by atoms with Crippen molar-refractivity contribution in [1.82, 2.24) is 10.4 Å². The number of nitrogens with zero attached hydrogens (tertiary/aromatic N) is 1. The minimum absolute atomic E-state index is 0.0928. The highest BCUT2D eigenvalue weighted by Crippen LogP contribution is 2.28. The Morgan fingerprint density at radius 3 is 2.53 bits per heavy atom. The van der Waals surface area contributed by atoms with Gasteiger partial charge in [0.05, 0.1) is 7.11 Å². The number of carbonyl (C=O) groups is 2. The number of nitrogens with one attached hydrogen (secondary N) is 1. The Hall–Kier alpha value is -3.90. The van der Waals surface area contributed by atoms with Crippen molar-refractivity contribution < 1.29 is 19.5 Å². The van der Waals surface area contributed by atoms with Crippen LogP contribution in [0.2, 0.25) is 0 Å². The number of ether oxygens (including phenoxy) is 1. The van der Waals surface area contributed by atoms with Gasteiger partial charge in [-0.3, -0.25) is 14.8 Å². The Morgan fingerprint density at radius 2 is 1.78 bits per heavy atom. The van der Waals surface area contributed by atoms with E-state index in [0.29, 0.717) is 36.4 Å². The molecule has 0 saturated heterocycles. The lowest BCUT2D eigenvalue weighted by molar-refractivity contribution is -0.125. The minimum Gasteiger partial charge on any atom is -0.497 e. The normalized spacial score (nSPS) is 13.3. The van der Waals surface area contributed by atoms with Crippen LogP contribution in [0.3, 0.4) is 0 Å². The molecule has 1 aliphatic rings. The van der Waals surface area contributed by atoms with Crippen molar-refractivity contribution in [1.29, 1.82) is 0 Å². The molecule has 1 aliphatic heterocycles. The number of carbonyl (C=O) groups excluding carboxylic acids is 2. The van der Waals surface area contributed by atoms with Gasteiger partial charge in [0.2, 0.25) is 0 Å². The Balaban J connectivity index is 1.69. The molecule has 6 nitrogen and oxygen atoms in total. The fourth-order valence-corrected chi connectivity index (χ4v) is 3.88. The quantitative estimate of drug-likeness (QED) is 0.279. The van der Waals surface area contributed by atoms with Crippen LogP contribution in [0.15, 0.2) is 72.8 Å². The zero-order valence-electron chi connectivity index (χ0n) is 17.7. The fraction of sp³-hybridized carbons (Fsp3) is 0.154. The first-order valence-electron chi connectivity index (χ1n) is 10.4. The smallest absolute Gasteiger partial charge is 0.274 e. The predicted molar refractivity (Wildman–Crippen MR) is 122 cm³/mol. The van der Waals surface area contributed by atoms with Crippen LogP contribution in [0.25, 0.3) is 11.6 Å². The first kappa shape index (κ1) is 21.3. The molecular weight excluding hydrogens is 404 g/mol. The topological polar surface area (TPSA) is 78.9 Å². The zero-order valence-corrected chi connectivity index (χ0v) is 17.7. The summed E-state index contributed by atoms with van der Waals surface area (Å²) in [5.41, 5.74) is 6.28. The SMILES string of the molecule is COc1cccc(C(=Cc2ccccc2)C(=O)N2CCc3ccc(C(=O)NO)cc3C2)c1. The van der Waals surface area contributed by atoms with E-state index in [4.69, 9.17) is 9.94 Å². The van der Waals surface area contributed by atoms with Crippen molar-refractivity contribution in [3.63, 3.8) is 0 Å². The zero-order chi connectivity index (χ0) is 22.5. The van der Waals surface area contributed by atoms with Gasteiger partial charge in [0, 0.05) is 24.2 Å². The molecule has 0 atom stereocenters. The number of benzene rings is 3. The third kappa shape index (κ3) is 4.55. The van der Waals surface area contributed by atoms with Gasteiger partial charge in [0.25, 0.3) is 11.8 Å². The van der Waals surface area contributed by atoms with Crippen molar-refractivity contribution in [2.24, 2.45) is 0 Å². The van der Waals surface area contributed by atoms with Crippen LogP contribution >= 0.6 is 0 Å². The van der Waals surface area contributed by atoms with Crippen LogP contribution in [-0.4, -0.2) is 35.6 Å². The number of hydrogen-bond donors (Lipinski definition) is 2. The van der Waals surface area contributed by atoms with Crippen LogP contribution in [0.4, 0.5) is 0 Å². The van der Waals surface area contributed by atoms with Crippen molar-refractivity contribution in [2.45, 2.75) is 13.0 Å². The first-order valence-corrected chi connectivity index (χ1v) is 10.4. The summed E-state index contributed by atoms with van der Waals surface area (Å²) in [4.78, 5) is 27.3. The highest BCUT2D eigenvalue weighted by Gasteiger charge is 2.25. The van der Waals surface area contributed by atoms with Gasteiger partial charge in [-0.05, 0) is 59.0 Å². The van der Waals surface area contributed by atoms with Gasteiger partial charge in [0.15, 0.2) is 0 Å². The molecule has 3 aromatic carbocycles. The molecular formula is C26H24N2O4. The molecule has 3 aromatic rings. The lowest BCUT2D eigenvalue weighted by Gasteiger charge is -2.30. The summed E-state index contributed by atoms with van der Waals surface area (Å²) in [5, 5.41) is 8.93. The Bertz CT molecular complexity index is 1170. The molecule has 4 rings (SSSR count). The van der Waals surface area contributed by atoms with Crippen molar-refractivity contribution in [2.75, 3.05) is 13.7 Å². The van der Waals surface area contributed by atoms with Crippen LogP contribution in [0.5, 0.6) is 5.75 Å². The molecule has 32 heavy (non-hydrogen) atoms. The number of methoxy groups -OCH3 is 1. The maximum absolute atomic E-state index is 13.7. The predicted octanol–water partition coefficient (Wildman–Crippen LogP) is 3.94. The monoisotopic (exact) mass is 428 g/mol. The third-order valence-corrected chi connectivity index (χ3v) is 5.59. The molecule has 1 heterocycles. The van der Waals surface area contributed by atoms with Gasteiger partial charge in [-0.1, -0.05) is 48.5 Å². The number of hydrogen-bond acceptors (Lipinski definition) is 4. The van der Waals surface area contributed by atoms with E-state index in [1.165, 1.54) is 0 Å². The van der Waals surface area contributed by atoms with Gasteiger partial charge < -0.3 is 9.64 Å². The Labute approximate surface area is 186 Å². The molecule has 2 N–H and O–H groups in total. The second-order valence-corrected chi connectivity index (χ2v) is 7.60. The standard InChI is InChI=1S/C26H24N2O4/c1-32-23-9-5-8-20(16-23)24(14-18-6-3-2-4-7-18)26(30)28-13-12-19-10-11-21(25(29)27-31)15-22(19)17-28/h2-11,14-16,31H,12-13,17H2,1H3,(H,27,29). The van der Waals surface area contributed by atoms with Crippen LogP contribution in [0.1, 0.15) is 32.6 Å². The van der Waals surface area contributed by atoms with E-state index >= 15 is 0 Å². The second kappa shape index (κ2) is 9.49. The highest BCUT2D eigenvalue weighted by molar-refractivity contribution is 6.24. The maximum Gasteiger partial charge on any atom is 0.274 e. The molecule has 0 aliphatic carbocycles. The summed E-state index contributed by atoms with van der Waals surface area (Å²) < 4.78 is 5.36. The molecule has 0 aromatic heterocycles. The average Bonchev–Trinajstić information content (AvgIpc) is 2.86. The number of amides is 2. The van der Waals surface area contributed by atoms with E-state index in [9.17, 15) is 9.59 Å². The van der Waals surface area contributed by atoms with E-state index in [-0.39, 0.29) is 5.91 Å². The van der Waals surface area contributed by atoms with E-state index < -0.39 is 5.91 Å². The van der Waals surface area contributed by atoms with E-state index in [2.05, 4.69) is 0 Å². The molecule has 6 heteroatoms.